The molecule has 3 nitrogen and oxygen atoms in total. The number of anilines is 1. The van der Waals surface area contributed by atoms with Gasteiger partial charge in [-0.2, -0.15) is 0 Å². The summed E-state index contributed by atoms with van der Waals surface area (Å²) in [6.07, 6.45) is 3.46. The minimum Gasteiger partial charge on any atom is -0.382 e. The molecule has 1 aromatic rings. The van der Waals surface area contributed by atoms with Crippen LogP contribution in [-0.2, 0) is 0 Å². The van der Waals surface area contributed by atoms with Crippen LogP contribution >= 0.6 is 12.2 Å². The van der Waals surface area contributed by atoms with Gasteiger partial charge in [-0.05, 0) is 51.4 Å². The quantitative estimate of drug-likeness (QED) is 0.551. The van der Waals surface area contributed by atoms with Crippen LogP contribution in [-0.4, -0.2) is 31.1 Å². The van der Waals surface area contributed by atoms with Crippen LogP contribution in [0.3, 0.4) is 0 Å². The Bertz CT molecular complexity index is 429. The van der Waals surface area contributed by atoms with Gasteiger partial charge in [-0.15, -0.1) is 0 Å². The van der Waals surface area contributed by atoms with Crippen LogP contribution in [0.2, 0.25) is 0 Å². The Morgan fingerprint density at radius 3 is 2.28 bits per heavy atom. The fraction of sp³-hybridized carbons (Fsp3) is 0.714. The van der Waals surface area contributed by atoms with E-state index in [-0.39, 0.29) is 5.43 Å². The first-order valence-corrected chi connectivity index (χ1v) is 7.28. The first-order chi connectivity index (χ1) is 8.61. The highest BCUT2D eigenvalue weighted by Gasteiger charge is 2.12. The van der Waals surface area contributed by atoms with Gasteiger partial charge in [0.15, 0.2) is 0 Å². The normalized spacial score (nSPS) is 11.3. The standard InChI is InChI=1S/C14H24N2OS/c1-4-8-16(9-5-2)10-6-7-15-12-11(3)14(18)13(12)17/h15H,4-10H2,1-3H3. The molecule has 0 saturated heterocycles. The van der Waals surface area contributed by atoms with E-state index in [4.69, 9.17) is 12.2 Å². The summed E-state index contributed by atoms with van der Waals surface area (Å²) in [4.78, 5) is 13.9. The van der Waals surface area contributed by atoms with E-state index in [0.29, 0.717) is 4.51 Å². The van der Waals surface area contributed by atoms with Crippen LogP contribution in [0.1, 0.15) is 38.7 Å². The summed E-state index contributed by atoms with van der Waals surface area (Å²) in [6, 6.07) is 0. The Labute approximate surface area is 115 Å². The molecule has 0 bridgehead atoms. The second kappa shape index (κ2) is 7.64. The second-order valence-corrected chi connectivity index (χ2v) is 5.19. The maximum atomic E-state index is 11.4. The molecule has 0 aliphatic carbocycles. The minimum absolute atomic E-state index is 0.0153. The summed E-state index contributed by atoms with van der Waals surface area (Å²) in [6.45, 7) is 10.6. The highest BCUT2D eigenvalue weighted by Crippen LogP contribution is 2.13. The lowest BCUT2D eigenvalue weighted by molar-refractivity contribution is 0.274. The van der Waals surface area contributed by atoms with Crippen molar-refractivity contribution in [3.05, 3.63) is 20.3 Å². The van der Waals surface area contributed by atoms with Crippen LogP contribution < -0.4 is 10.7 Å². The van der Waals surface area contributed by atoms with Gasteiger partial charge in [0.05, 0.1) is 10.2 Å². The fourth-order valence-electron chi connectivity index (χ4n) is 2.20. The summed E-state index contributed by atoms with van der Waals surface area (Å²) in [5.74, 6) is 0. The highest BCUT2D eigenvalue weighted by molar-refractivity contribution is 7.71. The van der Waals surface area contributed by atoms with E-state index in [9.17, 15) is 4.79 Å². The first kappa shape index (κ1) is 15.3. The average Bonchev–Trinajstić information content (AvgIpc) is 2.37. The van der Waals surface area contributed by atoms with Crippen LogP contribution in [0.25, 0.3) is 0 Å². The highest BCUT2D eigenvalue weighted by atomic mass is 32.1. The van der Waals surface area contributed by atoms with Gasteiger partial charge in [0, 0.05) is 6.54 Å². The number of rotatable bonds is 9. The molecule has 0 heterocycles. The van der Waals surface area contributed by atoms with Gasteiger partial charge in [0.25, 0.3) is 0 Å². The number of hydrogen-bond donors (Lipinski definition) is 1. The van der Waals surface area contributed by atoms with Crippen LogP contribution in [0.5, 0.6) is 0 Å². The molecule has 0 aromatic heterocycles. The second-order valence-electron chi connectivity index (χ2n) is 4.78. The SMILES string of the molecule is CCCN(CCC)CCCNc1c(C)c(=S)c1=O. The average molecular weight is 268 g/mol. The molecule has 4 heteroatoms. The van der Waals surface area contributed by atoms with Crippen molar-refractivity contribution in [1.29, 1.82) is 0 Å². The van der Waals surface area contributed by atoms with Gasteiger partial charge in [0.2, 0.25) is 5.43 Å². The molecule has 0 spiro atoms. The van der Waals surface area contributed by atoms with Gasteiger partial charge < -0.3 is 10.2 Å². The molecule has 0 aliphatic heterocycles. The van der Waals surface area contributed by atoms with Crippen molar-refractivity contribution in [2.24, 2.45) is 0 Å². The smallest absolute Gasteiger partial charge is 0.220 e. The van der Waals surface area contributed by atoms with E-state index in [1.165, 1.54) is 25.9 Å². The lowest BCUT2D eigenvalue weighted by atomic mass is 10.1. The fourth-order valence-corrected chi connectivity index (χ4v) is 2.41. The molecule has 0 unspecified atom stereocenters. The summed E-state index contributed by atoms with van der Waals surface area (Å²) in [7, 11) is 0. The van der Waals surface area contributed by atoms with E-state index < -0.39 is 0 Å². The summed E-state index contributed by atoms with van der Waals surface area (Å²) in [5.41, 5.74) is 1.70. The van der Waals surface area contributed by atoms with Crippen LogP contribution in [0, 0.1) is 11.4 Å². The van der Waals surface area contributed by atoms with E-state index in [1.807, 2.05) is 6.92 Å². The van der Waals surface area contributed by atoms with Gasteiger partial charge in [0.1, 0.15) is 0 Å². The third-order valence-corrected chi connectivity index (χ3v) is 3.67. The Morgan fingerprint density at radius 2 is 1.78 bits per heavy atom. The van der Waals surface area contributed by atoms with Crippen LogP contribution in [0.15, 0.2) is 4.79 Å². The van der Waals surface area contributed by atoms with Crippen molar-refractivity contribution < 1.29 is 0 Å². The summed E-state index contributed by atoms with van der Waals surface area (Å²) < 4.78 is 0.496. The van der Waals surface area contributed by atoms with Crippen molar-refractivity contribution in [1.82, 2.24) is 4.90 Å². The molecule has 18 heavy (non-hydrogen) atoms. The molecule has 0 radical (unpaired) electrons. The van der Waals surface area contributed by atoms with E-state index in [2.05, 4.69) is 24.1 Å². The maximum absolute atomic E-state index is 11.4. The number of nitrogens with one attached hydrogen (secondary N) is 1. The molecule has 0 amide bonds. The Morgan fingerprint density at radius 1 is 1.17 bits per heavy atom. The monoisotopic (exact) mass is 268 g/mol. The Balaban J connectivity index is 2.26. The molecule has 1 N–H and O–H groups in total. The molecule has 102 valence electrons. The first-order valence-electron chi connectivity index (χ1n) is 6.87. The predicted octanol–water partition coefficient (Wildman–Crippen LogP) is 2.88. The molecule has 0 atom stereocenters. The Hall–Kier alpha value is -0.740. The van der Waals surface area contributed by atoms with Crippen molar-refractivity contribution in [2.75, 3.05) is 31.5 Å². The third-order valence-electron chi connectivity index (χ3n) is 3.18. The lowest BCUT2D eigenvalue weighted by Crippen LogP contribution is -2.28. The molecule has 0 aliphatic rings. The largest absolute Gasteiger partial charge is 0.382 e. The number of hydrogen-bond acceptors (Lipinski definition) is 4. The zero-order valence-electron chi connectivity index (χ0n) is 11.7. The van der Waals surface area contributed by atoms with Crippen molar-refractivity contribution in [3.8, 4) is 0 Å². The van der Waals surface area contributed by atoms with Gasteiger partial charge in [-0.25, -0.2) is 0 Å². The van der Waals surface area contributed by atoms with E-state index >= 15 is 0 Å². The molecule has 0 fully saturated rings. The lowest BCUT2D eigenvalue weighted by Gasteiger charge is -2.21. The van der Waals surface area contributed by atoms with E-state index in [1.54, 1.807) is 0 Å². The molecule has 1 aromatic carbocycles. The summed E-state index contributed by atoms with van der Waals surface area (Å²) >= 11 is 4.94. The summed E-state index contributed by atoms with van der Waals surface area (Å²) in [5, 5.41) is 3.20. The van der Waals surface area contributed by atoms with Crippen molar-refractivity contribution in [3.63, 3.8) is 0 Å². The molecular weight excluding hydrogens is 244 g/mol. The predicted molar refractivity (Wildman–Crippen MR) is 80.8 cm³/mol. The van der Waals surface area contributed by atoms with Crippen molar-refractivity contribution in [2.45, 2.75) is 40.0 Å². The molecular formula is C14H24N2OS. The minimum atomic E-state index is 0.0153. The molecule has 0 saturated carbocycles. The topological polar surface area (TPSA) is 32.3 Å². The van der Waals surface area contributed by atoms with Crippen LogP contribution in [0.4, 0.5) is 5.69 Å². The third kappa shape index (κ3) is 3.89. The van der Waals surface area contributed by atoms with Gasteiger partial charge >= 0.3 is 0 Å². The Kier molecular flexibility index (Phi) is 6.50. The van der Waals surface area contributed by atoms with Gasteiger partial charge in [-0.1, -0.05) is 26.1 Å². The maximum Gasteiger partial charge on any atom is 0.220 e. The van der Waals surface area contributed by atoms with Crippen molar-refractivity contribution >= 4 is 17.9 Å². The zero-order valence-corrected chi connectivity index (χ0v) is 12.5. The number of nitrogens with zero attached hydrogens (tertiary/aromatic N) is 1. The van der Waals surface area contributed by atoms with Gasteiger partial charge in [-0.3, -0.25) is 4.79 Å². The molecule has 1 rings (SSSR count). The zero-order chi connectivity index (χ0) is 13.5. The van der Waals surface area contributed by atoms with E-state index in [0.717, 1.165) is 30.8 Å².